The molecule has 5 heteroatoms. The molecule has 24 heavy (non-hydrogen) atoms. The Kier molecular flexibility index (Phi) is 6.13. The molecule has 0 atom stereocenters. The molecule has 0 amide bonds. The van der Waals surface area contributed by atoms with Gasteiger partial charge in [-0.3, -0.25) is 0 Å². The molecule has 0 unspecified atom stereocenters. The minimum Gasteiger partial charge on any atom is -0.349 e. The van der Waals surface area contributed by atoms with E-state index in [4.69, 9.17) is 9.47 Å². The highest BCUT2D eigenvalue weighted by Gasteiger charge is 2.23. The summed E-state index contributed by atoms with van der Waals surface area (Å²) in [5.74, 6) is -1.02. The number of ether oxygens (including phenoxy) is 2. The number of aromatic nitrogens is 1. The molecule has 1 aromatic carbocycles. The van der Waals surface area contributed by atoms with Crippen LogP contribution in [0.1, 0.15) is 56.9 Å². The van der Waals surface area contributed by atoms with Gasteiger partial charge in [-0.15, -0.1) is 0 Å². The molecule has 0 N–H and O–H groups in total. The third-order valence-corrected chi connectivity index (χ3v) is 3.95. The predicted octanol–water partition coefficient (Wildman–Crippen LogP) is 5.26. The van der Waals surface area contributed by atoms with Crippen molar-refractivity contribution < 1.29 is 18.3 Å². The lowest BCUT2D eigenvalue weighted by molar-refractivity contribution is -0.140. The van der Waals surface area contributed by atoms with Gasteiger partial charge in [0.15, 0.2) is 6.29 Å². The minimum atomic E-state index is -0.591. The average Bonchev–Trinajstić information content (AvgIpc) is 2.85. The Bertz CT molecular complexity index is 689. The molecule has 3 nitrogen and oxygen atoms in total. The molecule has 0 bridgehead atoms. The highest BCUT2D eigenvalue weighted by atomic mass is 19.1. The Balaban J connectivity index is 2.62. The smallest absolute Gasteiger partial charge is 0.185 e. The summed E-state index contributed by atoms with van der Waals surface area (Å²) in [5.41, 5.74) is 2.95. The second-order valence-corrected chi connectivity index (χ2v) is 5.94. The molecule has 0 aliphatic heterocycles. The fourth-order valence-corrected chi connectivity index (χ4v) is 2.83. The van der Waals surface area contributed by atoms with Crippen molar-refractivity contribution in [2.45, 2.75) is 46.8 Å². The lowest BCUT2D eigenvalue weighted by Crippen LogP contribution is -2.11. The summed E-state index contributed by atoms with van der Waals surface area (Å²) in [5, 5.41) is 0. The fraction of sp³-hybridized carbons (Fsp3) is 0.474. The molecule has 0 aliphatic rings. The average molecular weight is 337 g/mol. The van der Waals surface area contributed by atoms with E-state index in [0.717, 1.165) is 23.0 Å². The summed E-state index contributed by atoms with van der Waals surface area (Å²) in [7, 11) is 0. The summed E-state index contributed by atoms with van der Waals surface area (Å²) in [6.45, 7) is 10.8. The van der Waals surface area contributed by atoms with Crippen LogP contribution in [0.4, 0.5) is 8.78 Å². The van der Waals surface area contributed by atoms with E-state index in [9.17, 15) is 8.78 Å². The molecule has 0 saturated heterocycles. The van der Waals surface area contributed by atoms with Crippen LogP contribution in [0.25, 0.3) is 5.69 Å². The SMILES string of the molecule is CCOC(OCC)c1cc(C(C)C)n(-c2ccc(F)cc2F)c1C. The van der Waals surface area contributed by atoms with Crippen LogP contribution in [0.5, 0.6) is 0 Å². The maximum Gasteiger partial charge on any atom is 0.185 e. The molecule has 0 spiro atoms. The van der Waals surface area contributed by atoms with Crippen LogP contribution in [0.2, 0.25) is 0 Å². The van der Waals surface area contributed by atoms with Crippen LogP contribution in [0.3, 0.4) is 0 Å². The van der Waals surface area contributed by atoms with Gasteiger partial charge in [0.25, 0.3) is 0 Å². The first kappa shape index (κ1) is 18.6. The molecule has 0 aliphatic carbocycles. The van der Waals surface area contributed by atoms with Crippen LogP contribution in [-0.4, -0.2) is 17.8 Å². The number of nitrogens with zero attached hydrogens (tertiary/aromatic N) is 1. The van der Waals surface area contributed by atoms with Crippen LogP contribution < -0.4 is 0 Å². The van der Waals surface area contributed by atoms with Crippen molar-refractivity contribution in [3.8, 4) is 5.69 Å². The number of hydrogen-bond donors (Lipinski definition) is 0. The van der Waals surface area contributed by atoms with Crippen molar-refractivity contribution in [1.82, 2.24) is 4.57 Å². The van der Waals surface area contributed by atoms with Crippen molar-refractivity contribution in [2.75, 3.05) is 13.2 Å². The van der Waals surface area contributed by atoms with Crippen LogP contribution >= 0.6 is 0 Å². The summed E-state index contributed by atoms with van der Waals surface area (Å²) in [6, 6.07) is 5.62. The van der Waals surface area contributed by atoms with E-state index in [1.807, 2.05) is 45.3 Å². The molecule has 0 fully saturated rings. The van der Waals surface area contributed by atoms with Gasteiger partial charge in [-0.25, -0.2) is 8.78 Å². The quantitative estimate of drug-likeness (QED) is 0.643. The summed E-state index contributed by atoms with van der Waals surface area (Å²) in [6.07, 6.45) is -0.498. The van der Waals surface area contributed by atoms with Crippen molar-refractivity contribution in [3.05, 3.63) is 52.9 Å². The number of benzene rings is 1. The first-order chi connectivity index (χ1) is 11.4. The Labute approximate surface area is 142 Å². The molecule has 2 rings (SSSR count). The van der Waals surface area contributed by atoms with Crippen LogP contribution in [-0.2, 0) is 9.47 Å². The third kappa shape index (κ3) is 3.68. The first-order valence-electron chi connectivity index (χ1n) is 8.31. The normalized spacial score (nSPS) is 11.7. The highest BCUT2D eigenvalue weighted by Crippen LogP contribution is 2.33. The standard InChI is InChI=1S/C19H25F2NO2/c1-6-23-19(24-7-2)15-11-18(12(3)4)22(13(15)5)17-9-8-14(20)10-16(17)21/h8-12,19H,6-7H2,1-5H3. The lowest BCUT2D eigenvalue weighted by atomic mass is 10.1. The van der Waals surface area contributed by atoms with Gasteiger partial charge in [-0.1, -0.05) is 13.8 Å². The Morgan fingerprint density at radius 3 is 2.17 bits per heavy atom. The number of halogens is 2. The summed E-state index contributed by atoms with van der Waals surface area (Å²) >= 11 is 0. The topological polar surface area (TPSA) is 23.4 Å². The zero-order valence-electron chi connectivity index (χ0n) is 14.9. The Morgan fingerprint density at radius 1 is 1.04 bits per heavy atom. The Morgan fingerprint density at radius 2 is 1.67 bits per heavy atom. The zero-order chi connectivity index (χ0) is 17.9. The molecule has 0 saturated carbocycles. The van der Waals surface area contributed by atoms with E-state index in [1.165, 1.54) is 12.1 Å². The van der Waals surface area contributed by atoms with E-state index >= 15 is 0 Å². The number of hydrogen-bond acceptors (Lipinski definition) is 2. The van der Waals surface area contributed by atoms with Gasteiger partial charge in [-0.2, -0.15) is 0 Å². The fourth-order valence-electron chi connectivity index (χ4n) is 2.83. The molecular formula is C19H25F2NO2. The van der Waals surface area contributed by atoms with Gasteiger partial charge in [0.2, 0.25) is 0 Å². The molecular weight excluding hydrogens is 312 g/mol. The van der Waals surface area contributed by atoms with Gasteiger partial charge in [0, 0.05) is 36.2 Å². The van der Waals surface area contributed by atoms with Gasteiger partial charge in [0.1, 0.15) is 11.6 Å². The predicted molar refractivity (Wildman–Crippen MR) is 90.5 cm³/mol. The second-order valence-electron chi connectivity index (χ2n) is 5.94. The first-order valence-corrected chi connectivity index (χ1v) is 8.31. The van der Waals surface area contributed by atoms with E-state index in [2.05, 4.69) is 0 Å². The zero-order valence-corrected chi connectivity index (χ0v) is 14.9. The highest BCUT2D eigenvalue weighted by molar-refractivity contribution is 5.44. The van der Waals surface area contributed by atoms with Gasteiger partial charge in [-0.05, 0) is 44.9 Å². The van der Waals surface area contributed by atoms with Crippen LogP contribution in [0, 0.1) is 18.6 Å². The van der Waals surface area contributed by atoms with Gasteiger partial charge in [0.05, 0.1) is 5.69 Å². The van der Waals surface area contributed by atoms with Crippen molar-refractivity contribution in [2.24, 2.45) is 0 Å². The van der Waals surface area contributed by atoms with Crippen LogP contribution in [0.15, 0.2) is 24.3 Å². The van der Waals surface area contributed by atoms with E-state index in [0.29, 0.717) is 18.9 Å². The number of rotatable bonds is 7. The van der Waals surface area contributed by atoms with E-state index in [-0.39, 0.29) is 5.92 Å². The maximum atomic E-state index is 14.3. The summed E-state index contributed by atoms with van der Waals surface area (Å²) in [4.78, 5) is 0. The Hall–Kier alpha value is -1.72. The van der Waals surface area contributed by atoms with Crippen molar-refractivity contribution in [3.63, 3.8) is 0 Å². The van der Waals surface area contributed by atoms with Gasteiger partial charge >= 0.3 is 0 Å². The lowest BCUT2D eigenvalue weighted by Gasteiger charge is -2.18. The van der Waals surface area contributed by atoms with E-state index in [1.54, 1.807) is 0 Å². The maximum absolute atomic E-state index is 14.3. The molecule has 1 aromatic heterocycles. The van der Waals surface area contributed by atoms with Gasteiger partial charge < -0.3 is 14.0 Å². The second kappa shape index (κ2) is 7.90. The molecule has 2 aromatic rings. The van der Waals surface area contributed by atoms with Crippen molar-refractivity contribution in [1.29, 1.82) is 0 Å². The van der Waals surface area contributed by atoms with Crippen molar-refractivity contribution >= 4 is 0 Å². The molecule has 0 radical (unpaired) electrons. The third-order valence-electron chi connectivity index (χ3n) is 3.95. The van der Waals surface area contributed by atoms with E-state index < -0.39 is 17.9 Å². The monoisotopic (exact) mass is 337 g/mol. The largest absolute Gasteiger partial charge is 0.349 e. The minimum absolute atomic E-state index is 0.158. The molecule has 1 heterocycles. The molecule has 132 valence electrons. The summed E-state index contributed by atoms with van der Waals surface area (Å²) < 4.78 is 40.8.